The molecule has 4 rings (SSSR count). The number of aromatic hydroxyl groups is 1. The van der Waals surface area contributed by atoms with Crippen molar-refractivity contribution in [2.45, 2.75) is 31.9 Å². The lowest BCUT2D eigenvalue weighted by molar-refractivity contribution is 0.0996. The number of phenols is 1. The number of nitrogens with one attached hydrogen (secondary N) is 2. The molecule has 3 aromatic carbocycles. The van der Waals surface area contributed by atoms with Gasteiger partial charge >= 0.3 is 0 Å². The van der Waals surface area contributed by atoms with E-state index in [0.717, 1.165) is 39.5 Å². The Hall–Kier alpha value is -3.02. The van der Waals surface area contributed by atoms with Gasteiger partial charge in [-0.3, -0.25) is 0 Å². The van der Waals surface area contributed by atoms with Crippen molar-refractivity contribution < 1.29 is 14.9 Å². The van der Waals surface area contributed by atoms with E-state index in [2.05, 4.69) is 30.2 Å². The zero-order valence-electron chi connectivity index (χ0n) is 17.4. The molecular weight excluding hydrogens is 376 g/mol. The first-order valence-corrected chi connectivity index (χ1v) is 10.2. The molecule has 0 aliphatic heterocycles. The second kappa shape index (κ2) is 8.38. The van der Waals surface area contributed by atoms with Crippen LogP contribution in [0.1, 0.15) is 19.4 Å². The van der Waals surface area contributed by atoms with Gasteiger partial charge in [0, 0.05) is 28.4 Å². The summed E-state index contributed by atoms with van der Waals surface area (Å²) in [5.41, 5.74) is 3.02. The Labute approximate surface area is 176 Å². The molecule has 0 radical (unpaired) electrons. The number of ether oxygens (including phenoxy) is 1. The molecule has 0 spiro atoms. The van der Waals surface area contributed by atoms with Gasteiger partial charge in [-0.25, -0.2) is 0 Å². The molecule has 5 heteroatoms. The molecule has 0 saturated carbocycles. The van der Waals surface area contributed by atoms with Crippen LogP contribution in [-0.4, -0.2) is 40.0 Å². The third kappa shape index (κ3) is 4.58. The fourth-order valence-corrected chi connectivity index (χ4v) is 3.81. The number of aliphatic hydroxyl groups excluding tert-OH is 1. The standard InChI is InChI=1S/C25H28N2O3/c1-25(2,14-17-10-12-18(28)13-11-17)26-15-19(29)16-30-23-9-5-8-22-24(23)20-6-3-4-7-21(20)27-22/h3-13,19,26-29H,14-16H2,1-2H3. The van der Waals surface area contributed by atoms with Crippen molar-refractivity contribution in [2.75, 3.05) is 13.2 Å². The first kappa shape index (κ1) is 20.3. The van der Waals surface area contributed by atoms with Gasteiger partial charge in [0.25, 0.3) is 0 Å². The van der Waals surface area contributed by atoms with Crippen LogP contribution in [0, 0.1) is 0 Å². The molecular formula is C25H28N2O3. The van der Waals surface area contributed by atoms with Crippen LogP contribution < -0.4 is 10.1 Å². The summed E-state index contributed by atoms with van der Waals surface area (Å²) in [7, 11) is 0. The normalized spacial score (nSPS) is 13.0. The molecule has 156 valence electrons. The number of para-hydroxylation sites is 1. The first-order chi connectivity index (χ1) is 14.4. The van der Waals surface area contributed by atoms with E-state index in [0.29, 0.717) is 6.54 Å². The molecule has 0 aliphatic carbocycles. The van der Waals surface area contributed by atoms with Gasteiger partial charge in [-0.15, -0.1) is 0 Å². The summed E-state index contributed by atoms with van der Waals surface area (Å²) >= 11 is 0. The summed E-state index contributed by atoms with van der Waals surface area (Å²) < 4.78 is 6.01. The van der Waals surface area contributed by atoms with Crippen LogP contribution in [0.25, 0.3) is 21.8 Å². The molecule has 0 amide bonds. The van der Waals surface area contributed by atoms with Gasteiger partial charge in [-0.2, -0.15) is 0 Å². The van der Waals surface area contributed by atoms with Gasteiger partial charge in [0.1, 0.15) is 24.2 Å². The number of aliphatic hydroxyl groups is 1. The molecule has 1 unspecified atom stereocenters. The van der Waals surface area contributed by atoms with Crippen molar-refractivity contribution in [1.82, 2.24) is 10.3 Å². The Morgan fingerprint density at radius 3 is 2.50 bits per heavy atom. The number of β-amino-alcohol motifs (C(OH)–C–C–N with tert-alkyl or cyclic N) is 1. The highest BCUT2D eigenvalue weighted by Gasteiger charge is 2.20. The fraction of sp³-hybridized carbons (Fsp3) is 0.280. The zero-order chi connectivity index (χ0) is 21.1. The number of hydrogen-bond donors (Lipinski definition) is 4. The number of fused-ring (bicyclic) bond motifs is 3. The molecule has 0 aliphatic rings. The number of aromatic nitrogens is 1. The van der Waals surface area contributed by atoms with E-state index in [1.54, 1.807) is 12.1 Å². The summed E-state index contributed by atoms with van der Waals surface area (Å²) in [4.78, 5) is 3.41. The topological polar surface area (TPSA) is 77.5 Å². The Morgan fingerprint density at radius 1 is 0.967 bits per heavy atom. The van der Waals surface area contributed by atoms with Gasteiger partial charge in [0.15, 0.2) is 0 Å². The minimum atomic E-state index is -0.635. The van der Waals surface area contributed by atoms with E-state index < -0.39 is 6.10 Å². The SMILES string of the molecule is CC(C)(Cc1ccc(O)cc1)NCC(O)COc1cccc2[nH]c3ccccc3c12. The molecule has 1 atom stereocenters. The summed E-state index contributed by atoms with van der Waals surface area (Å²) in [5, 5.41) is 25.5. The number of benzene rings is 3. The average molecular weight is 405 g/mol. The van der Waals surface area contributed by atoms with Crippen molar-refractivity contribution in [3.8, 4) is 11.5 Å². The maximum absolute atomic E-state index is 10.5. The lowest BCUT2D eigenvalue weighted by Crippen LogP contribution is -2.46. The number of hydrogen-bond acceptors (Lipinski definition) is 4. The number of H-pyrrole nitrogens is 1. The highest BCUT2D eigenvalue weighted by Crippen LogP contribution is 2.33. The minimum absolute atomic E-state index is 0.200. The van der Waals surface area contributed by atoms with Crippen LogP contribution >= 0.6 is 0 Å². The van der Waals surface area contributed by atoms with Crippen molar-refractivity contribution in [3.63, 3.8) is 0 Å². The van der Waals surface area contributed by atoms with Crippen LogP contribution in [0.2, 0.25) is 0 Å². The Morgan fingerprint density at radius 2 is 1.70 bits per heavy atom. The highest BCUT2D eigenvalue weighted by molar-refractivity contribution is 6.10. The third-order valence-corrected chi connectivity index (χ3v) is 5.32. The van der Waals surface area contributed by atoms with Crippen molar-refractivity contribution in [2.24, 2.45) is 0 Å². The van der Waals surface area contributed by atoms with E-state index in [9.17, 15) is 10.2 Å². The smallest absolute Gasteiger partial charge is 0.129 e. The van der Waals surface area contributed by atoms with Crippen LogP contribution in [0.3, 0.4) is 0 Å². The predicted molar refractivity (Wildman–Crippen MR) is 121 cm³/mol. The van der Waals surface area contributed by atoms with Crippen LogP contribution in [0.15, 0.2) is 66.7 Å². The molecule has 4 N–H and O–H groups in total. The average Bonchev–Trinajstić information content (AvgIpc) is 3.11. The Kier molecular flexibility index (Phi) is 5.66. The van der Waals surface area contributed by atoms with E-state index in [4.69, 9.17) is 4.74 Å². The van der Waals surface area contributed by atoms with Crippen LogP contribution in [-0.2, 0) is 6.42 Å². The van der Waals surface area contributed by atoms with E-state index in [1.807, 2.05) is 48.5 Å². The van der Waals surface area contributed by atoms with E-state index in [-0.39, 0.29) is 17.9 Å². The van der Waals surface area contributed by atoms with Crippen molar-refractivity contribution in [3.05, 3.63) is 72.3 Å². The number of phenolic OH excluding ortho intramolecular Hbond substituents is 1. The highest BCUT2D eigenvalue weighted by atomic mass is 16.5. The summed E-state index contributed by atoms with van der Waals surface area (Å²) in [6, 6.07) is 21.3. The van der Waals surface area contributed by atoms with E-state index in [1.165, 1.54) is 0 Å². The molecule has 1 heterocycles. The monoisotopic (exact) mass is 404 g/mol. The molecule has 1 aromatic heterocycles. The summed E-state index contributed by atoms with van der Waals surface area (Å²) in [6.45, 7) is 4.83. The summed E-state index contributed by atoms with van der Waals surface area (Å²) in [5.74, 6) is 1.04. The minimum Gasteiger partial charge on any atom is -0.508 e. The predicted octanol–water partition coefficient (Wildman–Crippen LogP) is 4.38. The van der Waals surface area contributed by atoms with Gasteiger partial charge in [-0.05, 0) is 56.2 Å². The second-order valence-corrected chi connectivity index (χ2v) is 8.42. The first-order valence-electron chi connectivity index (χ1n) is 10.2. The number of aromatic amines is 1. The zero-order valence-corrected chi connectivity index (χ0v) is 17.4. The molecule has 5 nitrogen and oxygen atoms in total. The van der Waals surface area contributed by atoms with Crippen molar-refractivity contribution in [1.29, 1.82) is 0 Å². The van der Waals surface area contributed by atoms with Crippen LogP contribution in [0.5, 0.6) is 11.5 Å². The van der Waals surface area contributed by atoms with E-state index >= 15 is 0 Å². The largest absolute Gasteiger partial charge is 0.508 e. The number of rotatable bonds is 8. The fourth-order valence-electron chi connectivity index (χ4n) is 3.81. The maximum Gasteiger partial charge on any atom is 0.129 e. The third-order valence-electron chi connectivity index (χ3n) is 5.32. The lowest BCUT2D eigenvalue weighted by atomic mass is 9.94. The quantitative estimate of drug-likeness (QED) is 0.352. The van der Waals surface area contributed by atoms with Crippen molar-refractivity contribution >= 4 is 21.8 Å². The van der Waals surface area contributed by atoms with Gasteiger partial charge in [0.05, 0.1) is 5.52 Å². The molecule has 4 aromatic rings. The maximum atomic E-state index is 10.5. The molecule has 0 fully saturated rings. The van der Waals surface area contributed by atoms with Gasteiger partial charge in [-0.1, -0.05) is 36.4 Å². The van der Waals surface area contributed by atoms with Crippen LogP contribution in [0.4, 0.5) is 0 Å². The molecule has 30 heavy (non-hydrogen) atoms. The molecule has 0 saturated heterocycles. The Bertz CT molecular complexity index is 1130. The summed E-state index contributed by atoms with van der Waals surface area (Å²) in [6.07, 6.45) is 0.153. The second-order valence-electron chi connectivity index (χ2n) is 8.42. The molecule has 0 bridgehead atoms. The van der Waals surface area contributed by atoms with Gasteiger partial charge < -0.3 is 25.3 Å². The van der Waals surface area contributed by atoms with Gasteiger partial charge in [0.2, 0.25) is 0 Å². The Balaban J connectivity index is 1.37. The lowest BCUT2D eigenvalue weighted by Gasteiger charge is -2.28.